The second kappa shape index (κ2) is 5.18. The van der Waals surface area contributed by atoms with E-state index in [9.17, 15) is 0 Å². The second-order valence-electron chi connectivity index (χ2n) is 4.31. The van der Waals surface area contributed by atoms with E-state index in [1.165, 1.54) is 0 Å². The maximum absolute atomic E-state index is 9.09. The van der Waals surface area contributed by atoms with Crippen LogP contribution in [0.1, 0.15) is 5.56 Å². The van der Waals surface area contributed by atoms with Crippen LogP contribution in [0.2, 0.25) is 0 Å². The first kappa shape index (κ1) is 12.4. The van der Waals surface area contributed by atoms with Crippen molar-refractivity contribution < 1.29 is 9.84 Å². The Morgan fingerprint density at radius 1 is 1.30 bits per heavy atom. The molecule has 3 aromatic rings. The molecular weight excluding hydrogens is 256 g/mol. The van der Waals surface area contributed by atoms with Crippen LogP contribution in [-0.2, 0) is 6.42 Å². The number of nitrogen functional groups attached to an aromatic ring is 1. The summed E-state index contributed by atoms with van der Waals surface area (Å²) in [5.41, 5.74) is 7.26. The van der Waals surface area contributed by atoms with Gasteiger partial charge in [-0.3, -0.25) is 4.40 Å². The summed E-state index contributed by atoms with van der Waals surface area (Å²) in [7, 11) is 0. The number of hydrogen-bond donors (Lipinski definition) is 2. The van der Waals surface area contributed by atoms with Gasteiger partial charge in [-0.2, -0.15) is 4.98 Å². The zero-order valence-corrected chi connectivity index (χ0v) is 10.7. The first-order valence-corrected chi connectivity index (χ1v) is 6.24. The first-order valence-electron chi connectivity index (χ1n) is 6.24. The van der Waals surface area contributed by atoms with E-state index in [0.29, 0.717) is 29.5 Å². The molecule has 20 heavy (non-hydrogen) atoms. The van der Waals surface area contributed by atoms with Gasteiger partial charge in [0.15, 0.2) is 0 Å². The Kier molecular flexibility index (Phi) is 3.22. The fraction of sp³-hybridized carbons (Fsp3) is 0.143. The van der Waals surface area contributed by atoms with Crippen LogP contribution in [0.4, 0.5) is 5.82 Å². The Hall–Kier alpha value is -2.60. The third-order valence-electron chi connectivity index (χ3n) is 2.92. The Morgan fingerprint density at radius 3 is 3.00 bits per heavy atom. The van der Waals surface area contributed by atoms with Crippen LogP contribution in [-0.4, -0.2) is 26.1 Å². The summed E-state index contributed by atoms with van der Waals surface area (Å²) in [6.45, 7) is 0.0590. The Bertz CT molecular complexity index is 739. The molecule has 0 saturated carbocycles. The average Bonchev–Trinajstić information content (AvgIpc) is 2.89. The largest absolute Gasteiger partial charge is 0.436 e. The van der Waals surface area contributed by atoms with Crippen LogP contribution in [0.3, 0.4) is 0 Å². The van der Waals surface area contributed by atoms with Crippen molar-refractivity contribution in [2.45, 2.75) is 6.42 Å². The number of nitrogens with zero attached hydrogens (tertiary/aromatic N) is 3. The van der Waals surface area contributed by atoms with Crippen LogP contribution in [0, 0.1) is 0 Å². The second-order valence-corrected chi connectivity index (χ2v) is 4.31. The van der Waals surface area contributed by atoms with E-state index >= 15 is 0 Å². The van der Waals surface area contributed by atoms with E-state index in [0.717, 1.165) is 5.56 Å². The number of anilines is 1. The highest BCUT2D eigenvalue weighted by Gasteiger charge is 2.11. The number of aliphatic hydroxyl groups excluding tert-OH is 1. The molecule has 0 radical (unpaired) electrons. The van der Waals surface area contributed by atoms with Crippen LogP contribution in [0.25, 0.3) is 5.65 Å². The van der Waals surface area contributed by atoms with Gasteiger partial charge in [0.25, 0.3) is 5.88 Å². The molecule has 0 bridgehead atoms. The summed E-state index contributed by atoms with van der Waals surface area (Å²) in [4.78, 5) is 8.38. The van der Waals surface area contributed by atoms with Gasteiger partial charge in [0.2, 0.25) is 5.65 Å². The lowest BCUT2D eigenvalue weighted by molar-refractivity contribution is 0.297. The highest BCUT2D eigenvalue weighted by Crippen LogP contribution is 2.27. The number of aromatic nitrogens is 3. The van der Waals surface area contributed by atoms with E-state index in [-0.39, 0.29) is 6.61 Å². The predicted octanol–water partition coefficient (Wildman–Crippen LogP) is 1.64. The molecule has 0 unspecified atom stereocenters. The molecular formula is C14H14N4O2. The molecule has 0 aliphatic rings. The molecule has 2 heterocycles. The summed E-state index contributed by atoms with van der Waals surface area (Å²) >= 11 is 0. The van der Waals surface area contributed by atoms with Crippen molar-refractivity contribution in [2.24, 2.45) is 0 Å². The van der Waals surface area contributed by atoms with Crippen molar-refractivity contribution >= 4 is 11.5 Å². The molecule has 0 spiro atoms. The number of nitrogens with two attached hydrogens (primary N) is 1. The average molecular weight is 270 g/mol. The molecule has 0 aliphatic carbocycles. The smallest absolute Gasteiger partial charge is 0.265 e. The van der Waals surface area contributed by atoms with E-state index in [4.69, 9.17) is 15.6 Å². The number of ether oxygens (including phenoxy) is 1. The van der Waals surface area contributed by atoms with Crippen LogP contribution < -0.4 is 10.5 Å². The summed E-state index contributed by atoms with van der Waals surface area (Å²) in [5.74, 6) is 1.34. The lowest BCUT2D eigenvalue weighted by atomic mass is 10.1. The van der Waals surface area contributed by atoms with Gasteiger partial charge in [0.1, 0.15) is 11.6 Å². The quantitative estimate of drug-likeness (QED) is 0.752. The van der Waals surface area contributed by atoms with Crippen molar-refractivity contribution in [3.8, 4) is 11.6 Å². The number of aliphatic hydroxyl groups is 1. The van der Waals surface area contributed by atoms with Gasteiger partial charge in [-0.05, 0) is 18.1 Å². The lowest BCUT2D eigenvalue weighted by Gasteiger charge is -2.10. The van der Waals surface area contributed by atoms with Crippen molar-refractivity contribution in [3.05, 3.63) is 48.4 Å². The lowest BCUT2D eigenvalue weighted by Crippen LogP contribution is -2.01. The summed E-state index contributed by atoms with van der Waals surface area (Å²) < 4.78 is 7.59. The van der Waals surface area contributed by atoms with Gasteiger partial charge in [0, 0.05) is 19.0 Å². The van der Waals surface area contributed by atoms with Crippen molar-refractivity contribution in [3.63, 3.8) is 0 Å². The summed E-state index contributed by atoms with van der Waals surface area (Å²) in [6, 6.07) is 7.50. The fourth-order valence-electron chi connectivity index (χ4n) is 2.02. The van der Waals surface area contributed by atoms with Gasteiger partial charge in [-0.1, -0.05) is 18.2 Å². The van der Waals surface area contributed by atoms with Crippen molar-refractivity contribution in [1.29, 1.82) is 0 Å². The normalized spacial score (nSPS) is 10.8. The monoisotopic (exact) mass is 270 g/mol. The Morgan fingerprint density at radius 2 is 2.15 bits per heavy atom. The molecule has 0 amide bonds. The zero-order valence-electron chi connectivity index (χ0n) is 10.7. The maximum atomic E-state index is 9.09. The van der Waals surface area contributed by atoms with E-state index in [1.54, 1.807) is 23.0 Å². The highest BCUT2D eigenvalue weighted by molar-refractivity contribution is 5.54. The molecule has 6 nitrogen and oxygen atoms in total. The molecule has 0 fully saturated rings. The molecule has 6 heteroatoms. The van der Waals surface area contributed by atoms with Gasteiger partial charge in [-0.25, -0.2) is 4.98 Å². The first-order chi connectivity index (χ1) is 9.78. The van der Waals surface area contributed by atoms with Crippen molar-refractivity contribution in [2.75, 3.05) is 12.3 Å². The predicted molar refractivity (Wildman–Crippen MR) is 74.7 cm³/mol. The third kappa shape index (κ3) is 2.28. The van der Waals surface area contributed by atoms with E-state index in [2.05, 4.69) is 9.97 Å². The van der Waals surface area contributed by atoms with Crippen LogP contribution >= 0.6 is 0 Å². The van der Waals surface area contributed by atoms with E-state index in [1.807, 2.05) is 24.3 Å². The van der Waals surface area contributed by atoms with Gasteiger partial charge in [-0.15, -0.1) is 0 Å². The molecule has 3 N–H and O–H groups in total. The number of imidazole rings is 1. The van der Waals surface area contributed by atoms with Crippen LogP contribution in [0.5, 0.6) is 11.6 Å². The van der Waals surface area contributed by atoms with E-state index < -0.39 is 0 Å². The molecule has 1 aromatic carbocycles. The molecule has 0 atom stereocenters. The summed E-state index contributed by atoms with van der Waals surface area (Å²) in [6.07, 6.45) is 5.63. The van der Waals surface area contributed by atoms with Crippen molar-refractivity contribution in [1.82, 2.24) is 14.4 Å². The summed E-state index contributed by atoms with van der Waals surface area (Å²) in [5, 5.41) is 9.09. The number of fused-ring (bicyclic) bond motifs is 1. The number of hydrogen-bond acceptors (Lipinski definition) is 5. The van der Waals surface area contributed by atoms with Crippen LogP contribution in [0.15, 0.2) is 42.9 Å². The standard InChI is InChI=1S/C14H14N4O2/c15-12-9-18-7-6-16-13(18)14(17-12)20-11-4-2-1-3-10(11)5-8-19/h1-4,6-7,9,19H,5,8,15H2. The minimum atomic E-state index is 0.0590. The minimum absolute atomic E-state index is 0.0590. The molecule has 2 aromatic heterocycles. The van der Waals surface area contributed by atoms with Gasteiger partial charge < -0.3 is 15.6 Å². The molecule has 0 saturated heterocycles. The molecule has 0 aliphatic heterocycles. The zero-order chi connectivity index (χ0) is 13.9. The van der Waals surface area contributed by atoms with Gasteiger partial charge >= 0.3 is 0 Å². The topological polar surface area (TPSA) is 85.7 Å². The Labute approximate surface area is 115 Å². The SMILES string of the molecule is Nc1cn2ccnc2c(Oc2ccccc2CCO)n1. The molecule has 102 valence electrons. The number of benzene rings is 1. The number of rotatable bonds is 4. The minimum Gasteiger partial charge on any atom is -0.436 e. The third-order valence-corrected chi connectivity index (χ3v) is 2.92. The fourth-order valence-corrected chi connectivity index (χ4v) is 2.02. The highest BCUT2D eigenvalue weighted by atomic mass is 16.5. The number of para-hydroxylation sites is 1. The van der Waals surface area contributed by atoms with Gasteiger partial charge in [0.05, 0.1) is 6.20 Å². The maximum Gasteiger partial charge on any atom is 0.265 e. The molecule has 3 rings (SSSR count). The Balaban J connectivity index is 2.03.